The average Bonchev–Trinajstić information content (AvgIpc) is 3.18. The van der Waals surface area contributed by atoms with Gasteiger partial charge in [0.25, 0.3) is 0 Å². The molecule has 4 aromatic rings. The molecule has 2 heterocycles. The quantitative estimate of drug-likeness (QED) is 0.212. The van der Waals surface area contributed by atoms with Gasteiger partial charge in [-0.2, -0.15) is 0 Å². The zero-order valence-electron chi connectivity index (χ0n) is 15.0. The van der Waals surface area contributed by atoms with Crippen LogP contribution in [0.3, 0.4) is 0 Å². The van der Waals surface area contributed by atoms with E-state index >= 15 is 0 Å². The second kappa shape index (κ2) is 8.68. The summed E-state index contributed by atoms with van der Waals surface area (Å²) in [7, 11) is 0. The van der Waals surface area contributed by atoms with Gasteiger partial charge in [0.05, 0.1) is 0 Å². The number of aromatic nitrogens is 2. The van der Waals surface area contributed by atoms with Crippen LogP contribution < -0.4 is 9.13 Å². The van der Waals surface area contributed by atoms with Crippen LogP contribution in [0.25, 0.3) is 19.6 Å². The first-order chi connectivity index (χ1) is 12.8. The number of hydrogen-bond donors (Lipinski definition) is 0. The second-order valence-electron chi connectivity index (χ2n) is 5.84. The Bertz CT molecular complexity index is 955. The van der Waals surface area contributed by atoms with Crippen molar-refractivity contribution in [3.05, 3.63) is 48.5 Å². The topological polar surface area (TPSA) is 7.76 Å². The molecule has 0 aliphatic carbocycles. The Kier molecular flexibility index (Phi) is 6.30. The minimum atomic E-state index is 0.467. The van der Waals surface area contributed by atoms with Crippen LogP contribution in [0.1, 0.15) is 13.8 Å². The normalized spacial score (nSPS) is 11.6. The molecule has 0 bridgehead atoms. The van der Waals surface area contributed by atoms with Crippen LogP contribution in [0.2, 0.25) is 0 Å². The van der Waals surface area contributed by atoms with Crippen LogP contribution >= 0.6 is 23.5 Å². The summed E-state index contributed by atoms with van der Waals surface area (Å²) in [6.07, 6.45) is 0. The van der Waals surface area contributed by atoms with Crippen molar-refractivity contribution in [2.75, 3.05) is 11.5 Å². The van der Waals surface area contributed by atoms with Crippen molar-refractivity contribution in [1.82, 2.24) is 0 Å². The first-order valence-corrected chi connectivity index (χ1v) is 14.3. The predicted octanol–water partition coefficient (Wildman–Crippen LogP) is 3.61. The Hall–Kier alpha value is -0.481. The van der Waals surface area contributed by atoms with E-state index in [4.69, 9.17) is 0 Å². The number of thioether (sulfide) groups is 2. The molecule has 0 radical (unpaired) electrons. The molecule has 0 amide bonds. The van der Waals surface area contributed by atoms with Crippen LogP contribution in [0.15, 0.2) is 56.3 Å². The molecule has 0 atom stereocenters. The molecule has 2 aromatic carbocycles. The third-order valence-corrected chi connectivity index (χ3v) is 12.1. The molecule has 0 unspecified atom stereocenters. The van der Waals surface area contributed by atoms with Crippen molar-refractivity contribution in [1.29, 1.82) is 0 Å². The number of aryl methyl sites for hydroxylation is 2. The molecule has 0 N–H and O–H groups in total. The first kappa shape index (κ1) is 18.9. The van der Waals surface area contributed by atoms with E-state index in [1.54, 1.807) is 7.80 Å². The zero-order chi connectivity index (χ0) is 17.9. The van der Waals surface area contributed by atoms with E-state index in [-0.39, 0.29) is 0 Å². The molecule has 2 nitrogen and oxygen atoms in total. The number of hydrogen-bond acceptors (Lipinski definition) is 2. The molecule has 134 valence electrons. The van der Waals surface area contributed by atoms with Crippen LogP contribution in [-0.4, -0.2) is 40.5 Å². The van der Waals surface area contributed by atoms with Crippen LogP contribution in [0.4, 0.5) is 0 Å². The standard InChI is InChI=1S/C20H22N2S2Se2/c1-3-23-19-21(15-9-5-7-11-17(15)25-19)13-14-22-16-10-6-8-12-18(16)26-20(22)24-4-2/h5-12H,3-4,13-14H2,1-2H3/q+2. The predicted molar refractivity (Wildman–Crippen MR) is 115 cm³/mol. The maximum absolute atomic E-state index is 2.59. The van der Waals surface area contributed by atoms with E-state index in [2.05, 4.69) is 71.5 Å². The van der Waals surface area contributed by atoms with Crippen molar-refractivity contribution in [3.8, 4) is 0 Å². The molecular formula is C20H22N2S2Se2+2. The molecule has 2 aromatic heterocycles. The molecule has 6 heteroatoms. The molecule has 0 saturated carbocycles. The Morgan fingerprint density at radius 3 is 1.54 bits per heavy atom. The number of fused-ring (bicyclic) bond motifs is 2. The minimum absolute atomic E-state index is 0.467. The van der Waals surface area contributed by atoms with Crippen molar-refractivity contribution >= 4 is 72.1 Å². The van der Waals surface area contributed by atoms with Gasteiger partial charge in [-0.1, -0.05) is 0 Å². The van der Waals surface area contributed by atoms with E-state index < -0.39 is 0 Å². The summed E-state index contributed by atoms with van der Waals surface area (Å²) < 4.78 is 11.4. The van der Waals surface area contributed by atoms with Gasteiger partial charge in [0, 0.05) is 0 Å². The van der Waals surface area contributed by atoms with Crippen molar-refractivity contribution in [2.45, 2.75) is 34.7 Å². The van der Waals surface area contributed by atoms with Gasteiger partial charge in [-0.05, 0) is 0 Å². The Morgan fingerprint density at radius 1 is 0.692 bits per heavy atom. The molecule has 0 saturated heterocycles. The summed E-state index contributed by atoms with van der Waals surface area (Å²) in [5.74, 6) is 2.31. The van der Waals surface area contributed by atoms with Gasteiger partial charge >= 0.3 is 176 Å². The molecular weight excluding hydrogens is 490 g/mol. The van der Waals surface area contributed by atoms with Gasteiger partial charge in [0.2, 0.25) is 0 Å². The third kappa shape index (κ3) is 3.73. The molecule has 0 aliphatic rings. The number of rotatable bonds is 7. The summed E-state index contributed by atoms with van der Waals surface area (Å²) >= 11 is 4.99. The fourth-order valence-corrected chi connectivity index (χ4v) is 11.4. The van der Waals surface area contributed by atoms with Gasteiger partial charge in [0.15, 0.2) is 0 Å². The summed E-state index contributed by atoms with van der Waals surface area (Å²) in [5.41, 5.74) is 2.87. The average molecular weight is 512 g/mol. The van der Waals surface area contributed by atoms with E-state index in [1.165, 1.54) is 19.6 Å². The van der Waals surface area contributed by atoms with Crippen molar-refractivity contribution < 1.29 is 9.13 Å². The Balaban J connectivity index is 1.71. The Morgan fingerprint density at radius 2 is 1.12 bits per heavy atom. The molecule has 0 fully saturated rings. The Labute approximate surface area is 175 Å². The monoisotopic (exact) mass is 514 g/mol. The SMILES string of the molecule is CCSc1[se]c2ccccc2[n+]1CC[n+]1c(SCC)[se]c2ccccc21. The molecule has 26 heavy (non-hydrogen) atoms. The first-order valence-electron chi connectivity index (χ1n) is 8.90. The van der Waals surface area contributed by atoms with Gasteiger partial charge in [-0.15, -0.1) is 0 Å². The molecule has 0 aliphatic heterocycles. The van der Waals surface area contributed by atoms with E-state index in [9.17, 15) is 0 Å². The summed E-state index contributed by atoms with van der Waals surface area (Å²) in [5, 5.41) is 0. The fourth-order valence-electron chi connectivity index (χ4n) is 3.11. The molecule has 0 spiro atoms. The van der Waals surface area contributed by atoms with Gasteiger partial charge in [-0.25, -0.2) is 0 Å². The van der Waals surface area contributed by atoms with E-state index in [1.807, 2.05) is 23.5 Å². The van der Waals surface area contributed by atoms with Crippen LogP contribution in [0, 0.1) is 0 Å². The number of benzene rings is 2. The fraction of sp³-hybridized carbons (Fsp3) is 0.300. The summed E-state index contributed by atoms with van der Waals surface area (Å²) in [6, 6.07) is 17.9. The van der Waals surface area contributed by atoms with E-state index in [0.717, 1.165) is 24.6 Å². The van der Waals surface area contributed by atoms with Crippen LogP contribution in [-0.2, 0) is 13.1 Å². The van der Waals surface area contributed by atoms with Crippen molar-refractivity contribution in [2.24, 2.45) is 0 Å². The second-order valence-corrected chi connectivity index (χ2v) is 13.8. The van der Waals surface area contributed by atoms with Gasteiger partial charge in [-0.3, -0.25) is 0 Å². The third-order valence-electron chi connectivity index (χ3n) is 4.23. The maximum atomic E-state index is 2.59. The molecule has 4 rings (SSSR count). The van der Waals surface area contributed by atoms with Gasteiger partial charge in [0.1, 0.15) is 0 Å². The van der Waals surface area contributed by atoms with Crippen molar-refractivity contribution in [3.63, 3.8) is 0 Å². The summed E-state index contributed by atoms with van der Waals surface area (Å²) in [6.45, 7) is 6.66. The van der Waals surface area contributed by atoms with Crippen LogP contribution in [0.5, 0.6) is 0 Å². The number of nitrogens with zero attached hydrogens (tertiary/aromatic N) is 2. The van der Waals surface area contributed by atoms with E-state index in [0.29, 0.717) is 29.0 Å². The summed E-state index contributed by atoms with van der Waals surface area (Å²) in [4.78, 5) is 0. The number of para-hydroxylation sites is 2. The zero-order valence-corrected chi connectivity index (χ0v) is 20.0. The van der Waals surface area contributed by atoms with Gasteiger partial charge < -0.3 is 0 Å².